The number of aromatic nitrogens is 6. The minimum Gasteiger partial charge on any atom is -0.480 e. The van der Waals surface area contributed by atoms with Gasteiger partial charge in [-0.1, -0.05) is 0 Å². The zero-order valence-corrected chi connectivity index (χ0v) is 21.7. The Morgan fingerprint density at radius 1 is 1.03 bits per heavy atom. The highest BCUT2D eigenvalue weighted by Gasteiger charge is 2.38. The molecule has 0 N–H and O–H groups in total. The summed E-state index contributed by atoms with van der Waals surface area (Å²) in [5.74, 6) is 1.32. The molecule has 0 radical (unpaired) electrons. The second kappa shape index (κ2) is 8.82. The summed E-state index contributed by atoms with van der Waals surface area (Å²) in [5, 5.41) is 4.91. The number of imidazole rings is 1. The van der Waals surface area contributed by atoms with Crippen LogP contribution in [0.5, 0.6) is 5.88 Å². The lowest BCUT2D eigenvalue weighted by Crippen LogP contribution is -2.31. The lowest BCUT2D eigenvalue weighted by molar-refractivity contribution is -0.140. The van der Waals surface area contributed by atoms with E-state index in [-0.39, 0.29) is 6.04 Å². The molecule has 202 valence electrons. The second-order valence-corrected chi connectivity index (χ2v) is 10.6. The summed E-state index contributed by atoms with van der Waals surface area (Å²) < 4.78 is 49.4. The molecule has 11 heteroatoms. The number of fused-ring (bicyclic) bond motifs is 1. The van der Waals surface area contributed by atoms with Crippen LogP contribution in [0.3, 0.4) is 0 Å². The van der Waals surface area contributed by atoms with E-state index in [4.69, 9.17) is 9.84 Å². The van der Waals surface area contributed by atoms with Crippen molar-refractivity contribution in [3.05, 3.63) is 59.4 Å². The van der Waals surface area contributed by atoms with Crippen LogP contribution < -0.4 is 9.64 Å². The molecule has 0 amide bonds. The molecule has 7 rings (SSSR count). The van der Waals surface area contributed by atoms with Gasteiger partial charge in [0, 0.05) is 67.2 Å². The first kappa shape index (κ1) is 24.2. The summed E-state index contributed by atoms with van der Waals surface area (Å²) in [7, 11) is 3.59. The van der Waals surface area contributed by atoms with Gasteiger partial charge in [0.1, 0.15) is 17.8 Å². The molecule has 0 unspecified atom stereocenters. The van der Waals surface area contributed by atoms with Crippen molar-refractivity contribution < 1.29 is 17.9 Å². The molecule has 3 aliphatic rings. The van der Waals surface area contributed by atoms with Crippen LogP contribution in [0.4, 0.5) is 18.9 Å². The Kier molecular flexibility index (Phi) is 5.47. The third-order valence-electron chi connectivity index (χ3n) is 7.93. The van der Waals surface area contributed by atoms with Crippen LogP contribution in [0, 0.1) is 0 Å². The maximum Gasteiger partial charge on any atom is 0.434 e. The first-order valence-electron chi connectivity index (χ1n) is 13.3. The molecular weight excluding hydrogens is 507 g/mol. The largest absolute Gasteiger partial charge is 0.480 e. The van der Waals surface area contributed by atoms with Crippen molar-refractivity contribution in [1.82, 2.24) is 29.3 Å². The quantitative estimate of drug-likeness (QED) is 0.323. The van der Waals surface area contributed by atoms with E-state index in [0.29, 0.717) is 29.7 Å². The highest BCUT2D eigenvalue weighted by molar-refractivity contribution is 5.73. The summed E-state index contributed by atoms with van der Waals surface area (Å²) in [4.78, 5) is 15.2. The summed E-state index contributed by atoms with van der Waals surface area (Å²) in [6.07, 6.45) is 3.02. The number of nitrogens with zero attached hydrogens (tertiary/aromatic N) is 7. The molecular formula is C28H28F3N7O. The van der Waals surface area contributed by atoms with E-state index >= 15 is 0 Å². The number of aryl methyl sites for hydroxylation is 1. The van der Waals surface area contributed by atoms with Gasteiger partial charge >= 0.3 is 6.18 Å². The van der Waals surface area contributed by atoms with E-state index in [1.807, 2.05) is 36.0 Å². The predicted molar refractivity (Wildman–Crippen MR) is 138 cm³/mol. The Bertz CT molecular complexity index is 1550. The van der Waals surface area contributed by atoms with Crippen LogP contribution in [0.25, 0.3) is 22.6 Å². The number of hydrogen-bond donors (Lipinski definition) is 0. The summed E-state index contributed by atoms with van der Waals surface area (Å²) >= 11 is 0. The van der Waals surface area contributed by atoms with Gasteiger partial charge in [0.25, 0.3) is 0 Å². The van der Waals surface area contributed by atoms with Crippen molar-refractivity contribution in [2.75, 3.05) is 18.6 Å². The van der Waals surface area contributed by atoms with E-state index in [1.54, 1.807) is 18.0 Å². The monoisotopic (exact) mass is 535 g/mol. The van der Waals surface area contributed by atoms with Crippen molar-refractivity contribution in [1.29, 1.82) is 0 Å². The third-order valence-corrected chi connectivity index (χ3v) is 7.93. The molecule has 0 spiro atoms. The summed E-state index contributed by atoms with van der Waals surface area (Å²) in [5.41, 5.74) is 5.88. The maximum atomic E-state index is 13.4. The van der Waals surface area contributed by atoms with Crippen LogP contribution in [-0.2, 0) is 26.2 Å². The van der Waals surface area contributed by atoms with Crippen molar-refractivity contribution in [2.45, 2.75) is 56.8 Å². The first-order valence-corrected chi connectivity index (χ1v) is 13.3. The maximum absolute atomic E-state index is 13.4. The van der Waals surface area contributed by atoms with Crippen LogP contribution in [0.15, 0.2) is 36.8 Å². The van der Waals surface area contributed by atoms with Gasteiger partial charge in [0.2, 0.25) is 5.88 Å². The Balaban J connectivity index is 1.21. The van der Waals surface area contributed by atoms with Gasteiger partial charge in [-0.3, -0.25) is 4.68 Å². The van der Waals surface area contributed by atoms with E-state index in [0.717, 1.165) is 73.0 Å². The zero-order chi connectivity index (χ0) is 26.9. The summed E-state index contributed by atoms with van der Waals surface area (Å²) in [6, 6.07) is 7.77. The van der Waals surface area contributed by atoms with Gasteiger partial charge in [-0.15, -0.1) is 0 Å². The Morgan fingerprint density at radius 3 is 2.46 bits per heavy atom. The zero-order valence-electron chi connectivity index (χ0n) is 21.7. The Hall–Kier alpha value is -3.89. The molecule has 2 fully saturated rings. The van der Waals surface area contributed by atoms with Crippen molar-refractivity contribution >= 4 is 5.69 Å². The fourth-order valence-electron chi connectivity index (χ4n) is 5.64. The number of ether oxygens (including phenoxy) is 1. The van der Waals surface area contributed by atoms with Crippen LogP contribution in [0.1, 0.15) is 60.3 Å². The lowest BCUT2D eigenvalue weighted by Gasteiger charge is -2.30. The SMILES string of the molecule is COc1ncnc(C2CC2)c1-c1nn(C)c2c1CN(c1ccc(-c3nc(C(F)(F)F)cn3C3CC3)cc1)CC2. The molecule has 0 bridgehead atoms. The molecule has 2 aliphatic carbocycles. The minimum absolute atomic E-state index is 0.0901. The van der Waals surface area contributed by atoms with Crippen molar-refractivity contribution in [3.63, 3.8) is 0 Å². The van der Waals surface area contributed by atoms with Gasteiger partial charge in [-0.05, 0) is 49.9 Å². The van der Waals surface area contributed by atoms with Crippen LogP contribution in [0.2, 0.25) is 0 Å². The van der Waals surface area contributed by atoms with Crippen molar-refractivity contribution in [3.8, 4) is 28.5 Å². The standard InChI is InChI=1S/C28H28F3N7O/c1-36-21-11-12-37(13-20(21)25(35-36)23-24(16-3-4-16)32-15-33-27(23)39-2)18-7-5-17(6-8-18)26-34-22(28(29,30)31)14-38(26)19-9-10-19/h5-8,14-16,19H,3-4,9-13H2,1-2H3. The molecule has 4 aromatic rings. The van der Waals surface area contributed by atoms with Gasteiger partial charge < -0.3 is 14.2 Å². The molecule has 4 heterocycles. The number of methoxy groups -OCH3 is 1. The predicted octanol–water partition coefficient (Wildman–Crippen LogP) is 5.54. The summed E-state index contributed by atoms with van der Waals surface area (Å²) in [6.45, 7) is 1.45. The van der Waals surface area contributed by atoms with Crippen LogP contribution >= 0.6 is 0 Å². The van der Waals surface area contributed by atoms with E-state index in [1.165, 1.54) is 5.69 Å². The average Bonchev–Trinajstić information content (AvgIpc) is 3.88. The Morgan fingerprint density at radius 2 is 1.79 bits per heavy atom. The number of hydrogen-bond acceptors (Lipinski definition) is 6. The van der Waals surface area contributed by atoms with E-state index in [2.05, 4.69) is 19.9 Å². The highest BCUT2D eigenvalue weighted by atomic mass is 19.4. The molecule has 1 aromatic carbocycles. The lowest BCUT2D eigenvalue weighted by atomic mass is 9.98. The fourth-order valence-corrected chi connectivity index (χ4v) is 5.64. The number of alkyl halides is 3. The molecule has 3 aromatic heterocycles. The van der Waals surface area contributed by atoms with Crippen molar-refractivity contribution in [2.24, 2.45) is 7.05 Å². The number of rotatable bonds is 6. The first-order chi connectivity index (χ1) is 18.8. The fraction of sp³-hybridized carbons (Fsp3) is 0.429. The second-order valence-electron chi connectivity index (χ2n) is 10.6. The molecule has 8 nitrogen and oxygen atoms in total. The molecule has 1 aliphatic heterocycles. The van der Waals surface area contributed by atoms with Gasteiger partial charge in [0.15, 0.2) is 5.69 Å². The van der Waals surface area contributed by atoms with Gasteiger partial charge in [0.05, 0.1) is 18.4 Å². The van der Waals surface area contributed by atoms with E-state index < -0.39 is 11.9 Å². The number of anilines is 1. The van der Waals surface area contributed by atoms with Gasteiger partial charge in [-0.25, -0.2) is 15.0 Å². The van der Waals surface area contributed by atoms with Crippen LogP contribution in [-0.4, -0.2) is 43.0 Å². The molecule has 2 saturated carbocycles. The normalized spacial score (nSPS) is 17.4. The highest BCUT2D eigenvalue weighted by Crippen LogP contribution is 2.47. The third kappa shape index (κ3) is 4.24. The molecule has 0 saturated heterocycles. The van der Waals surface area contributed by atoms with E-state index in [9.17, 15) is 13.2 Å². The number of benzene rings is 1. The minimum atomic E-state index is -4.46. The Labute approximate surface area is 223 Å². The smallest absolute Gasteiger partial charge is 0.434 e. The average molecular weight is 536 g/mol. The van der Waals surface area contributed by atoms with Gasteiger partial charge in [-0.2, -0.15) is 18.3 Å². The number of halogens is 3. The molecule has 0 atom stereocenters. The topological polar surface area (TPSA) is 73.9 Å². The molecule has 39 heavy (non-hydrogen) atoms.